The third-order valence-corrected chi connectivity index (χ3v) is 4.76. The molecule has 0 bridgehead atoms. The van der Waals surface area contributed by atoms with E-state index < -0.39 is 11.8 Å². The number of piperidine rings is 1. The zero-order valence-electron chi connectivity index (χ0n) is 12.6. The van der Waals surface area contributed by atoms with Crippen molar-refractivity contribution in [3.8, 4) is 0 Å². The molecule has 126 valence electrons. The van der Waals surface area contributed by atoms with Crippen molar-refractivity contribution in [3.63, 3.8) is 0 Å². The number of rotatable bonds is 2. The average Bonchev–Trinajstić information content (AvgIpc) is 2.92. The summed E-state index contributed by atoms with van der Waals surface area (Å²) in [4.78, 5) is 15.8. The number of carbonyl (C=O) groups excluding carboxylic acids is 1. The van der Waals surface area contributed by atoms with Gasteiger partial charge in [0.05, 0.1) is 6.54 Å². The van der Waals surface area contributed by atoms with Crippen molar-refractivity contribution < 1.29 is 23.1 Å². The number of halogens is 3. The summed E-state index contributed by atoms with van der Waals surface area (Å²) < 4.78 is 38.3. The summed E-state index contributed by atoms with van der Waals surface area (Å²) in [5, 5.41) is 9.65. The van der Waals surface area contributed by atoms with Gasteiger partial charge in [0.1, 0.15) is 0 Å². The molecule has 1 aromatic rings. The largest absolute Gasteiger partial charge is 0.417 e. The predicted molar refractivity (Wildman–Crippen MR) is 79.2 cm³/mol. The summed E-state index contributed by atoms with van der Waals surface area (Å²) >= 11 is 0. The Kier molecular flexibility index (Phi) is 4.10. The van der Waals surface area contributed by atoms with Crippen LogP contribution in [-0.4, -0.2) is 53.9 Å². The summed E-state index contributed by atoms with van der Waals surface area (Å²) in [7, 11) is 0. The summed E-state index contributed by atoms with van der Waals surface area (Å²) in [6.45, 7) is 0.829. The minimum Gasteiger partial charge on any atom is -0.380 e. The van der Waals surface area contributed by atoms with Crippen molar-refractivity contribution in [2.45, 2.75) is 31.0 Å². The molecule has 4 nitrogen and oxygen atoms in total. The summed E-state index contributed by atoms with van der Waals surface area (Å²) in [5.41, 5.74) is -0.612. The molecule has 0 aliphatic carbocycles. The van der Waals surface area contributed by atoms with E-state index in [0.29, 0.717) is 6.54 Å². The van der Waals surface area contributed by atoms with E-state index in [4.69, 9.17) is 0 Å². The fraction of sp³-hybridized carbons (Fsp3) is 0.562. The SMILES string of the molecule is O=C(CN1CCC(O)(C(F)(F)F)CC1)N1CCc2ccccc21. The van der Waals surface area contributed by atoms with Crippen molar-refractivity contribution in [3.05, 3.63) is 29.8 Å². The second-order valence-corrected chi connectivity index (χ2v) is 6.23. The van der Waals surface area contributed by atoms with E-state index in [1.807, 2.05) is 24.3 Å². The van der Waals surface area contributed by atoms with Gasteiger partial charge in [0.25, 0.3) is 0 Å². The number of anilines is 1. The molecule has 2 aliphatic rings. The first-order valence-corrected chi connectivity index (χ1v) is 7.70. The predicted octanol–water partition coefficient (Wildman–Crippen LogP) is 1.96. The molecule has 7 heteroatoms. The van der Waals surface area contributed by atoms with Gasteiger partial charge in [-0.3, -0.25) is 9.69 Å². The van der Waals surface area contributed by atoms with Crippen LogP contribution in [0.25, 0.3) is 0 Å². The molecule has 1 saturated heterocycles. The van der Waals surface area contributed by atoms with E-state index in [-0.39, 0.29) is 38.4 Å². The first kappa shape index (κ1) is 16.3. The molecule has 2 heterocycles. The number of fused-ring (bicyclic) bond motifs is 1. The maximum atomic E-state index is 12.8. The van der Waals surface area contributed by atoms with Crippen LogP contribution in [-0.2, 0) is 11.2 Å². The highest BCUT2D eigenvalue weighted by Gasteiger charge is 2.54. The number of hydrogen-bond donors (Lipinski definition) is 1. The molecular formula is C16H19F3N2O2. The quantitative estimate of drug-likeness (QED) is 0.903. The van der Waals surface area contributed by atoms with Gasteiger partial charge in [0.2, 0.25) is 5.91 Å². The monoisotopic (exact) mass is 328 g/mol. The summed E-state index contributed by atoms with van der Waals surface area (Å²) in [6, 6.07) is 7.66. The second-order valence-electron chi connectivity index (χ2n) is 6.23. The Morgan fingerprint density at radius 1 is 1.17 bits per heavy atom. The van der Waals surface area contributed by atoms with Gasteiger partial charge in [-0.2, -0.15) is 13.2 Å². The Morgan fingerprint density at radius 2 is 1.83 bits per heavy atom. The number of carbonyl (C=O) groups is 1. The number of benzene rings is 1. The third-order valence-electron chi connectivity index (χ3n) is 4.76. The fourth-order valence-electron chi connectivity index (χ4n) is 3.24. The highest BCUT2D eigenvalue weighted by atomic mass is 19.4. The van der Waals surface area contributed by atoms with E-state index in [9.17, 15) is 23.1 Å². The number of amides is 1. The van der Waals surface area contributed by atoms with E-state index in [2.05, 4.69) is 0 Å². The highest BCUT2D eigenvalue weighted by molar-refractivity contribution is 5.96. The zero-order chi connectivity index (χ0) is 16.7. The lowest BCUT2D eigenvalue weighted by molar-refractivity contribution is -0.272. The number of para-hydroxylation sites is 1. The molecule has 0 aromatic heterocycles. The van der Waals surface area contributed by atoms with Crippen molar-refractivity contribution in [2.75, 3.05) is 31.1 Å². The van der Waals surface area contributed by atoms with Gasteiger partial charge in [0.15, 0.2) is 5.60 Å². The molecule has 0 saturated carbocycles. The van der Waals surface area contributed by atoms with E-state index >= 15 is 0 Å². The fourth-order valence-corrected chi connectivity index (χ4v) is 3.24. The normalized spacial score (nSPS) is 21.3. The molecule has 23 heavy (non-hydrogen) atoms. The van der Waals surface area contributed by atoms with Crippen LogP contribution in [0.1, 0.15) is 18.4 Å². The van der Waals surface area contributed by atoms with Crippen molar-refractivity contribution in [1.82, 2.24) is 4.90 Å². The van der Waals surface area contributed by atoms with Crippen LogP contribution in [0.5, 0.6) is 0 Å². The van der Waals surface area contributed by atoms with Crippen LogP contribution < -0.4 is 4.90 Å². The number of likely N-dealkylation sites (tertiary alicyclic amines) is 1. The Hall–Kier alpha value is -1.60. The lowest BCUT2D eigenvalue weighted by atomic mass is 9.91. The molecular weight excluding hydrogens is 309 g/mol. The molecule has 2 aliphatic heterocycles. The van der Waals surface area contributed by atoms with Gasteiger partial charge in [-0.25, -0.2) is 0 Å². The number of alkyl halides is 3. The standard InChI is InChI=1S/C16H19F3N2O2/c17-16(18,19)15(23)6-9-20(10-7-15)11-14(22)21-8-5-12-3-1-2-4-13(12)21/h1-4,23H,5-11H2. The Bertz CT molecular complexity index is 595. The topological polar surface area (TPSA) is 43.8 Å². The molecule has 0 spiro atoms. The van der Waals surface area contributed by atoms with Gasteiger partial charge >= 0.3 is 6.18 Å². The molecule has 1 amide bonds. The van der Waals surface area contributed by atoms with Crippen LogP contribution >= 0.6 is 0 Å². The maximum Gasteiger partial charge on any atom is 0.417 e. The van der Waals surface area contributed by atoms with Gasteiger partial charge in [-0.15, -0.1) is 0 Å². The summed E-state index contributed by atoms with van der Waals surface area (Å²) in [6.07, 6.45) is -4.59. The van der Waals surface area contributed by atoms with Crippen molar-refractivity contribution in [2.24, 2.45) is 0 Å². The lowest BCUT2D eigenvalue weighted by Gasteiger charge is -2.39. The minimum atomic E-state index is -4.61. The second kappa shape index (κ2) is 5.79. The molecule has 1 aromatic carbocycles. The Morgan fingerprint density at radius 3 is 2.48 bits per heavy atom. The average molecular weight is 328 g/mol. The maximum absolute atomic E-state index is 12.8. The van der Waals surface area contributed by atoms with Crippen LogP contribution in [0, 0.1) is 0 Å². The van der Waals surface area contributed by atoms with Crippen molar-refractivity contribution >= 4 is 11.6 Å². The van der Waals surface area contributed by atoms with Gasteiger partial charge in [-0.1, -0.05) is 18.2 Å². The highest BCUT2D eigenvalue weighted by Crippen LogP contribution is 2.38. The molecule has 3 rings (SSSR count). The Balaban J connectivity index is 1.59. The van der Waals surface area contributed by atoms with Crippen LogP contribution in [0.2, 0.25) is 0 Å². The lowest BCUT2D eigenvalue weighted by Crippen LogP contribution is -2.54. The molecule has 1 N–H and O–H groups in total. The van der Waals surface area contributed by atoms with E-state index in [1.54, 1.807) is 9.80 Å². The zero-order valence-corrected chi connectivity index (χ0v) is 12.6. The van der Waals surface area contributed by atoms with Gasteiger partial charge in [0, 0.05) is 25.3 Å². The molecule has 0 radical (unpaired) electrons. The van der Waals surface area contributed by atoms with Gasteiger partial charge in [-0.05, 0) is 30.9 Å². The number of hydrogen-bond acceptors (Lipinski definition) is 3. The third kappa shape index (κ3) is 3.07. The minimum absolute atomic E-state index is 0.0667. The van der Waals surface area contributed by atoms with Crippen LogP contribution in [0.4, 0.5) is 18.9 Å². The Labute approximate surface area is 132 Å². The number of nitrogens with zero attached hydrogens (tertiary/aromatic N) is 2. The number of aliphatic hydroxyl groups is 1. The van der Waals surface area contributed by atoms with Gasteiger partial charge < -0.3 is 10.0 Å². The first-order chi connectivity index (χ1) is 10.8. The molecule has 0 unspecified atom stereocenters. The van der Waals surface area contributed by atoms with Crippen LogP contribution in [0.3, 0.4) is 0 Å². The van der Waals surface area contributed by atoms with Crippen LogP contribution in [0.15, 0.2) is 24.3 Å². The first-order valence-electron chi connectivity index (χ1n) is 7.70. The smallest absolute Gasteiger partial charge is 0.380 e. The molecule has 1 fully saturated rings. The van der Waals surface area contributed by atoms with E-state index in [0.717, 1.165) is 17.7 Å². The summed E-state index contributed by atoms with van der Waals surface area (Å²) in [5.74, 6) is -0.104. The van der Waals surface area contributed by atoms with Crippen molar-refractivity contribution in [1.29, 1.82) is 0 Å². The van der Waals surface area contributed by atoms with E-state index in [1.165, 1.54) is 0 Å². The molecule has 0 atom stereocenters.